The molecule has 0 saturated carbocycles. The summed E-state index contributed by atoms with van der Waals surface area (Å²) in [5.41, 5.74) is -0.0398. The summed E-state index contributed by atoms with van der Waals surface area (Å²) >= 11 is 1.16. The zero-order valence-corrected chi connectivity index (χ0v) is 15.4. The zero-order chi connectivity index (χ0) is 17.5. The minimum Gasteiger partial charge on any atom is -0.356 e. The summed E-state index contributed by atoms with van der Waals surface area (Å²) in [5, 5.41) is 4.50. The Morgan fingerprint density at radius 3 is 2.54 bits per heavy atom. The Morgan fingerprint density at radius 1 is 1.33 bits per heavy atom. The van der Waals surface area contributed by atoms with Crippen molar-refractivity contribution in [2.24, 2.45) is 5.41 Å². The van der Waals surface area contributed by atoms with Crippen LogP contribution in [0.1, 0.15) is 28.9 Å². The topological polar surface area (TPSA) is 86.8 Å². The van der Waals surface area contributed by atoms with Crippen molar-refractivity contribution < 1.29 is 18.0 Å². The maximum atomic E-state index is 12.8. The fourth-order valence-corrected chi connectivity index (χ4v) is 5.54. The molecule has 1 N–H and O–H groups in total. The first-order valence-electron chi connectivity index (χ1n) is 7.81. The first-order valence-corrected chi connectivity index (χ1v) is 10.1. The number of amides is 2. The quantitative estimate of drug-likeness (QED) is 0.849. The smallest absolute Gasteiger partial charge is 0.265 e. The van der Waals surface area contributed by atoms with Crippen molar-refractivity contribution in [3.8, 4) is 0 Å². The third kappa shape index (κ3) is 2.96. The molecule has 2 aliphatic heterocycles. The van der Waals surface area contributed by atoms with Crippen LogP contribution in [0.2, 0.25) is 0 Å². The van der Waals surface area contributed by atoms with Gasteiger partial charge in [-0.3, -0.25) is 9.59 Å². The molecule has 0 aromatic carbocycles. The van der Waals surface area contributed by atoms with Crippen molar-refractivity contribution >= 4 is 33.2 Å². The number of hydrogen-bond acceptors (Lipinski definition) is 5. The minimum atomic E-state index is -3.64. The summed E-state index contributed by atoms with van der Waals surface area (Å²) in [6.07, 6.45) is 2.05. The summed E-state index contributed by atoms with van der Waals surface area (Å²) in [6, 6.07) is 1.48. The van der Waals surface area contributed by atoms with E-state index in [2.05, 4.69) is 5.32 Å². The van der Waals surface area contributed by atoms with Crippen LogP contribution in [0.3, 0.4) is 0 Å². The van der Waals surface area contributed by atoms with Crippen molar-refractivity contribution in [1.82, 2.24) is 14.5 Å². The largest absolute Gasteiger partial charge is 0.356 e. The van der Waals surface area contributed by atoms with Gasteiger partial charge in [0.1, 0.15) is 9.77 Å². The van der Waals surface area contributed by atoms with E-state index in [9.17, 15) is 18.0 Å². The van der Waals surface area contributed by atoms with Crippen LogP contribution in [-0.2, 0) is 14.8 Å². The number of carbonyl (C=O) groups is 2. The first-order chi connectivity index (χ1) is 11.3. The molecule has 0 aliphatic carbocycles. The van der Waals surface area contributed by atoms with E-state index in [-0.39, 0.29) is 27.0 Å². The average Bonchev–Trinajstić information content (AvgIpc) is 3.15. The number of carbonyl (C=O) groups excluding carboxylic acids is 2. The van der Waals surface area contributed by atoms with Crippen molar-refractivity contribution in [2.45, 2.75) is 24.2 Å². The summed E-state index contributed by atoms with van der Waals surface area (Å²) in [7, 11) is -0.727. The Bertz CT molecular complexity index is 761. The van der Waals surface area contributed by atoms with Gasteiger partial charge in [-0.2, -0.15) is 0 Å². The number of sulfonamides is 1. The Balaban J connectivity index is 1.76. The molecule has 0 atom stereocenters. The molecule has 2 saturated heterocycles. The normalized spacial score (nSPS) is 20.6. The van der Waals surface area contributed by atoms with Crippen LogP contribution in [-0.4, -0.2) is 63.2 Å². The Morgan fingerprint density at radius 2 is 2.00 bits per heavy atom. The fourth-order valence-electron chi connectivity index (χ4n) is 3.29. The number of thiophene rings is 1. The summed E-state index contributed by atoms with van der Waals surface area (Å²) in [6.45, 7) is 1.77. The molecule has 0 radical (unpaired) electrons. The van der Waals surface area contributed by atoms with Gasteiger partial charge in [0.15, 0.2) is 0 Å². The Labute approximate surface area is 145 Å². The SMILES string of the molecule is CN(C)S(=O)(=O)c1ccsc1C(=O)N1CCC2(CC1)CNC(=O)C2. The third-order valence-corrected chi connectivity index (χ3v) is 7.78. The number of piperidine rings is 1. The maximum Gasteiger partial charge on any atom is 0.265 e. The highest BCUT2D eigenvalue weighted by molar-refractivity contribution is 7.89. The number of likely N-dealkylation sites (tertiary alicyclic amines) is 1. The maximum absolute atomic E-state index is 12.8. The number of rotatable bonds is 3. The lowest BCUT2D eigenvalue weighted by Crippen LogP contribution is -2.44. The van der Waals surface area contributed by atoms with Crippen molar-refractivity contribution in [2.75, 3.05) is 33.7 Å². The van der Waals surface area contributed by atoms with E-state index in [0.29, 0.717) is 26.1 Å². The van der Waals surface area contributed by atoms with Gasteiger partial charge in [-0.05, 0) is 29.7 Å². The van der Waals surface area contributed by atoms with Crippen molar-refractivity contribution in [3.05, 3.63) is 16.3 Å². The van der Waals surface area contributed by atoms with Crippen LogP contribution in [0.15, 0.2) is 16.3 Å². The predicted octanol–water partition coefficient (Wildman–Crippen LogP) is 0.741. The van der Waals surface area contributed by atoms with Gasteiger partial charge >= 0.3 is 0 Å². The lowest BCUT2D eigenvalue weighted by atomic mass is 9.77. The second-order valence-electron chi connectivity index (χ2n) is 6.65. The molecule has 2 amide bonds. The fraction of sp³-hybridized carbons (Fsp3) is 0.600. The van der Waals surface area contributed by atoms with Crippen LogP contribution in [0, 0.1) is 5.41 Å². The second kappa shape index (κ2) is 6.12. The highest BCUT2D eigenvalue weighted by Crippen LogP contribution is 2.38. The standard InChI is InChI=1S/C15H21N3O4S2/c1-17(2)24(21,22)11-3-8-23-13(11)14(20)18-6-4-15(5-7-18)9-12(19)16-10-15/h3,8H,4-7,9-10H2,1-2H3,(H,16,19). The van der Waals surface area contributed by atoms with Crippen molar-refractivity contribution in [3.63, 3.8) is 0 Å². The average molecular weight is 371 g/mol. The van der Waals surface area contributed by atoms with E-state index >= 15 is 0 Å². The van der Waals surface area contributed by atoms with Gasteiger partial charge in [0.05, 0.1) is 0 Å². The first kappa shape index (κ1) is 17.4. The number of hydrogen-bond donors (Lipinski definition) is 1. The summed E-state index contributed by atoms with van der Waals surface area (Å²) in [5.74, 6) is -0.162. The molecule has 2 fully saturated rings. The van der Waals surface area contributed by atoms with Gasteiger partial charge in [-0.25, -0.2) is 12.7 Å². The van der Waals surface area contributed by atoms with E-state index in [1.807, 2.05) is 0 Å². The van der Waals surface area contributed by atoms with Crippen LogP contribution in [0.25, 0.3) is 0 Å². The van der Waals surface area contributed by atoms with E-state index in [4.69, 9.17) is 0 Å². The van der Waals surface area contributed by atoms with E-state index in [1.165, 1.54) is 20.2 Å². The third-order valence-electron chi connectivity index (χ3n) is 4.89. The van der Waals surface area contributed by atoms with Gasteiger partial charge in [0.25, 0.3) is 5.91 Å². The van der Waals surface area contributed by atoms with E-state index in [1.54, 1.807) is 10.3 Å². The predicted molar refractivity (Wildman–Crippen MR) is 90.4 cm³/mol. The molecule has 1 aromatic heterocycles. The van der Waals surface area contributed by atoms with Gasteiger partial charge in [-0.15, -0.1) is 11.3 Å². The highest BCUT2D eigenvalue weighted by Gasteiger charge is 2.42. The molecule has 3 rings (SSSR count). The molecular formula is C15H21N3O4S2. The van der Waals surface area contributed by atoms with E-state index in [0.717, 1.165) is 28.5 Å². The van der Waals surface area contributed by atoms with Crippen molar-refractivity contribution in [1.29, 1.82) is 0 Å². The van der Waals surface area contributed by atoms with Crippen LogP contribution in [0.4, 0.5) is 0 Å². The summed E-state index contributed by atoms with van der Waals surface area (Å²) < 4.78 is 25.8. The molecule has 2 aliphatic rings. The van der Waals surface area contributed by atoms with Crippen LogP contribution < -0.4 is 5.32 Å². The lowest BCUT2D eigenvalue weighted by molar-refractivity contribution is -0.119. The van der Waals surface area contributed by atoms with Crippen LogP contribution in [0.5, 0.6) is 0 Å². The van der Waals surface area contributed by atoms with Crippen LogP contribution >= 0.6 is 11.3 Å². The van der Waals surface area contributed by atoms with Gasteiger partial charge < -0.3 is 10.2 Å². The molecule has 0 bridgehead atoms. The molecule has 0 unspecified atom stereocenters. The molecule has 3 heterocycles. The molecule has 7 nitrogen and oxygen atoms in total. The Hall–Kier alpha value is -1.45. The minimum absolute atomic E-state index is 0.0398. The molecule has 24 heavy (non-hydrogen) atoms. The summed E-state index contributed by atoms with van der Waals surface area (Å²) in [4.78, 5) is 26.3. The monoisotopic (exact) mass is 371 g/mol. The highest BCUT2D eigenvalue weighted by atomic mass is 32.2. The molecule has 1 spiro atoms. The molecular weight excluding hydrogens is 350 g/mol. The lowest BCUT2D eigenvalue weighted by Gasteiger charge is -2.38. The van der Waals surface area contributed by atoms with Gasteiger partial charge in [0.2, 0.25) is 15.9 Å². The van der Waals surface area contributed by atoms with Gasteiger partial charge in [0, 0.05) is 40.2 Å². The molecule has 1 aromatic rings. The second-order valence-corrected chi connectivity index (χ2v) is 9.68. The molecule has 9 heteroatoms. The molecule has 132 valence electrons. The number of nitrogens with zero attached hydrogens (tertiary/aromatic N) is 2. The number of nitrogens with one attached hydrogen (secondary N) is 1. The van der Waals surface area contributed by atoms with E-state index < -0.39 is 10.0 Å². The zero-order valence-electron chi connectivity index (χ0n) is 13.7. The van der Waals surface area contributed by atoms with Gasteiger partial charge in [-0.1, -0.05) is 0 Å². The Kier molecular flexibility index (Phi) is 4.43.